The lowest BCUT2D eigenvalue weighted by Crippen LogP contribution is -2.26. The van der Waals surface area contributed by atoms with Crippen molar-refractivity contribution in [3.8, 4) is 44.5 Å². The van der Waals surface area contributed by atoms with Crippen LogP contribution in [0.3, 0.4) is 0 Å². The smallest absolute Gasteiger partial charge is 0.143 e. The van der Waals surface area contributed by atoms with Crippen molar-refractivity contribution in [2.24, 2.45) is 0 Å². The predicted molar refractivity (Wildman–Crippen MR) is 280 cm³/mol. The third-order valence-corrected chi connectivity index (χ3v) is 16.9. The van der Waals surface area contributed by atoms with E-state index in [1.165, 1.54) is 115 Å². The van der Waals surface area contributed by atoms with Gasteiger partial charge in [0, 0.05) is 65.5 Å². The van der Waals surface area contributed by atoms with E-state index in [4.69, 9.17) is 4.42 Å². The Morgan fingerprint density at radius 2 is 1.13 bits per heavy atom. The van der Waals surface area contributed by atoms with Crippen LogP contribution in [0, 0.1) is 0 Å². The maximum atomic E-state index is 6.95. The first-order chi connectivity index (χ1) is 33.0. The van der Waals surface area contributed by atoms with Crippen LogP contribution in [0.25, 0.3) is 81.7 Å². The van der Waals surface area contributed by atoms with Crippen LogP contribution in [-0.4, -0.2) is 0 Å². The molecule has 11 aromatic rings. The fourth-order valence-electron chi connectivity index (χ4n) is 12.9. The van der Waals surface area contributed by atoms with Gasteiger partial charge in [-0.2, -0.15) is 0 Å². The number of thiophene rings is 1. The number of aryl methyl sites for hydroxylation is 1. The van der Waals surface area contributed by atoms with Gasteiger partial charge in [0.15, 0.2) is 0 Å². The van der Waals surface area contributed by atoms with Crippen molar-refractivity contribution < 1.29 is 4.42 Å². The summed E-state index contributed by atoms with van der Waals surface area (Å²) in [5, 5.41) is 3.85. The monoisotopic (exact) mass is 873 g/mol. The first-order valence-corrected chi connectivity index (χ1v) is 24.5. The van der Waals surface area contributed by atoms with Crippen LogP contribution in [0.5, 0.6) is 0 Å². The molecule has 15 rings (SSSR count). The number of benzene rings is 9. The number of hydrogen-bond donors (Lipinski definition) is 0. The Kier molecular flexibility index (Phi) is 7.52. The first kappa shape index (κ1) is 37.5. The average molecular weight is 874 g/mol. The number of nitrogens with zero attached hydrogens (tertiary/aromatic N) is 1. The van der Waals surface area contributed by atoms with Gasteiger partial charge < -0.3 is 9.32 Å². The van der Waals surface area contributed by atoms with Gasteiger partial charge in [-0.15, -0.1) is 11.3 Å². The number of allylic oxidation sites excluding steroid dienone is 1. The van der Waals surface area contributed by atoms with Gasteiger partial charge in [0.2, 0.25) is 0 Å². The molecule has 1 spiro atoms. The summed E-state index contributed by atoms with van der Waals surface area (Å²) < 4.78 is 9.59. The van der Waals surface area contributed by atoms with Crippen LogP contribution >= 0.6 is 11.3 Å². The zero-order valence-corrected chi connectivity index (χ0v) is 38.0. The molecular weight excluding hydrogens is 831 g/mol. The molecule has 4 aliphatic carbocycles. The number of anilines is 3. The summed E-state index contributed by atoms with van der Waals surface area (Å²) in [5.74, 6) is 1.10. The largest absolute Gasteiger partial charge is 0.460 e. The molecule has 0 N–H and O–H groups in total. The standard InChI is InChI=1S/C64H43NOS/c1-63(2)49-21-8-3-15-42(49)43-34-33-40(37-54(43)63)65(39-31-29-38(30-32-39)41-20-13-28-58-59(41)48-19-7-12-27-57(48)67-58)55-25-14-24-52-60(55)46-17-4-9-22-50(46)64(52)51-23-10-5-18-47(51)61-53(64)36-35-45-44-16-6-11-26-56(44)66-62(45)61/h3-10,12-25,27-37H,11,26H2,1-2H3. The van der Waals surface area contributed by atoms with E-state index in [0.29, 0.717) is 0 Å². The lowest BCUT2D eigenvalue weighted by molar-refractivity contribution is 0.547. The molecule has 2 heterocycles. The zero-order chi connectivity index (χ0) is 44.2. The molecule has 0 amide bonds. The van der Waals surface area contributed by atoms with Gasteiger partial charge >= 0.3 is 0 Å². The van der Waals surface area contributed by atoms with Crippen molar-refractivity contribution in [2.75, 3.05) is 4.90 Å². The molecule has 316 valence electrons. The lowest BCUT2D eigenvalue weighted by Gasteiger charge is -2.32. The number of hydrogen-bond acceptors (Lipinski definition) is 3. The molecule has 67 heavy (non-hydrogen) atoms. The van der Waals surface area contributed by atoms with Gasteiger partial charge in [0.1, 0.15) is 11.3 Å². The van der Waals surface area contributed by atoms with E-state index in [1.807, 2.05) is 11.3 Å². The van der Waals surface area contributed by atoms with E-state index in [9.17, 15) is 0 Å². The van der Waals surface area contributed by atoms with Gasteiger partial charge in [0.05, 0.1) is 11.1 Å². The van der Waals surface area contributed by atoms with Gasteiger partial charge in [-0.25, -0.2) is 0 Å². The molecule has 1 atom stereocenters. The summed E-state index contributed by atoms with van der Waals surface area (Å²) in [6.07, 6.45) is 6.50. The normalized spacial score (nSPS) is 16.5. The van der Waals surface area contributed by atoms with Crippen LogP contribution in [0.2, 0.25) is 0 Å². The first-order valence-electron chi connectivity index (χ1n) is 23.6. The second kappa shape index (κ2) is 13.4. The molecule has 0 aliphatic heterocycles. The summed E-state index contributed by atoms with van der Waals surface area (Å²) in [4.78, 5) is 2.54. The van der Waals surface area contributed by atoms with Crippen molar-refractivity contribution >= 4 is 65.6 Å². The van der Waals surface area contributed by atoms with Crippen molar-refractivity contribution in [3.05, 3.63) is 239 Å². The molecular formula is C64H43NOS. The van der Waals surface area contributed by atoms with Crippen LogP contribution in [0.15, 0.2) is 199 Å². The molecule has 2 nitrogen and oxygen atoms in total. The van der Waals surface area contributed by atoms with Gasteiger partial charge in [-0.05, 0) is 116 Å². The van der Waals surface area contributed by atoms with Crippen molar-refractivity contribution in [2.45, 2.75) is 37.5 Å². The van der Waals surface area contributed by atoms with Crippen molar-refractivity contribution in [3.63, 3.8) is 0 Å². The molecule has 3 heteroatoms. The molecule has 0 saturated heterocycles. The summed E-state index contributed by atoms with van der Waals surface area (Å²) in [7, 11) is 0. The number of fused-ring (bicyclic) bond motifs is 20. The predicted octanol–water partition coefficient (Wildman–Crippen LogP) is 17.5. The lowest BCUT2D eigenvalue weighted by atomic mass is 9.70. The van der Waals surface area contributed by atoms with E-state index in [-0.39, 0.29) is 5.41 Å². The minimum absolute atomic E-state index is 0.155. The summed E-state index contributed by atoms with van der Waals surface area (Å²) in [6.45, 7) is 4.76. The highest BCUT2D eigenvalue weighted by atomic mass is 32.1. The minimum atomic E-state index is -0.537. The summed E-state index contributed by atoms with van der Waals surface area (Å²) in [5.41, 5.74) is 23.1. The van der Waals surface area contributed by atoms with Crippen molar-refractivity contribution in [1.29, 1.82) is 0 Å². The topological polar surface area (TPSA) is 16.4 Å². The maximum Gasteiger partial charge on any atom is 0.143 e. The Bertz CT molecular complexity index is 3970. The van der Waals surface area contributed by atoms with Gasteiger partial charge in [-0.1, -0.05) is 172 Å². The average Bonchev–Trinajstić information content (AvgIpc) is 4.16. The molecule has 4 aliphatic rings. The highest BCUT2D eigenvalue weighted by Gasteiger charge is 2.53. The van der Waals surface area contributed by atoms with E-state index in [2.05, 4.69) is 219 Å². The van der Waals surface area contributed by atoms with Crippen LogP contribution < -0.4 is 4.90 Å². The van der Waals surface area contributed by atoms with Gasteiger partial charge in [-0.3, -0.25) is 0 Å². The molecule has 2 aromatic heterocycles. The Morgan fingerprint density at radius 3 is 1.97 bits per heavy atom. The van der Waals surface area contributed by atoms with Crippen LogP contribution in [0.1, 0.15) is 65.0 Å². The maximum absolute atomic E-state index is 6.95. The molecule has 0 saturated carbocycles. The minimum Gasteiger partial charge on any atom is -0.460 e. The number of rotatable bonds is 4. The third kappa shape index (κ3) is 4.84. The van der Waals surface area contributed by atoms with E-state index in [1.54, 1.807) is 0 Å². The molecule has 0 radical (unpaired) electrons. The Labute approximate surface area is 393 Å². The molecule has 0 bridgehead atoms. The third-order valence-electron chi connectivity index (χ3n) is 15.8. The van der Waals surface area contributed by atoms with Gasteiger partial charge in [0.25, 0.3) is 0 Å². The fourth-order valence-corrected chi connectivity index (χ4v) is 14.0. The molecule has 0 fully saturated rings. The second-order valence-electron chi connectivity index (χ2n) is 19.3. The van der Waals surface area contributed by atoms with E-state index < -0.39 is 5.41 Å². The van der Waals surface area contributed by atoms with Crippen molar-refractivity contribution in [1.82, 2.24) is 0 Å². The van der Waals surface area contributed by atoms with E-state index in [0.717, 1.165) is 35.6 Å². The van der Waals surface area contributed by atoms with Crippen LogP contribution in [-0.2, 0) is 17.3 Å². The number of furan rings is 1. The Morgan fingerprint density at radius 1 is 0.493 bits per heavy atom. The van der Waals surface area contributed by atoms with Crippen LogP contribution in [0.4, 0.5) is 17.1 Å². The molecule has 1 unspecified atom stereocenters. The Balaban J connectivity index is 0.980. The summed E-state index contributed by atoms with van der Waals surface area (Å²) >= 11 is 1.87. The second-order valence-corrected chi connectivity index (χ2v) is 20.4. The summed E-state index contributed by atoms with van der Waals surface area (Å²) in [6, 6.07) is 71.2. The highest BCUT2D eigenvalue weighted by molar-refractivity contribution is 7.25. The zero-order valence-electron chi connectivity index (χ0n) is 37.2. The molecule has 9 aromatic carbocycles. The fraction of sp³-hybridized carbons (Fsp3) is 0.0938. The SMILES string of the molecule is CC1(C)c2ccccc2-c2ccc(N(c3ccc(-c4cccc5sc6ccccc6c45)cc3)c3cccc4c3-c3ccccc3C43c4ccccc4-c4c3ccc3c5c(oc43)CCC=C5)cc21. The quantitative estimate of drug-likeness (QED) is 0.175. The highest BCUT2D eigenvalue weighted by Crippen LogP contribution is 2.66. The van der Waals surface area contributed by atoms with E-state index >= 15 is 0 Å². The Hall–Kier alpha value is -7.72.